The van der Waals surface area contributed by atoms with Crippen LogP contribution in [-0.4, -0.2) is 31.1 Å². The van der Waals surface area contributed by atoms with Gasteiger partial charge in [-0.2, -0.15) is 0 Å². The van der Waals surface area contributed by atoms with E-state index in [1.54, 1.807) is 0 Å². The van der Waals surface area contributed by atoms with Crippen LogP contribution in [-0.2, 0) is 9.47 Å². The van der Waals surface area contributed by atoms with E-state index in [1.165, 1.54) is 32.1 Å². The van der Waals surface area contributed by atoms with Gasteiger partial charge in [-0.25, -0.2) is 0 Å². The van der Waals surface area contributed by atoms with Crippen LogP contribution in [0.15, 0.2) is 0 Å². The Morgan fingerprint density at radius 1 is 1.00 bits per heavy atom. The highest BCUT2D eigenvalue weighted by Gasteiger charge is 2.67. The van der Waals surface area contributed by atoms with E-state index in [9.17, 15) is 0 Å². The summed E-state index contributed by atoms with van der Waals surface area (Å²) >= 11 is 0. The SMILES string of the molecule is C1CC2(C1)OC1(CCOC1)NCC21CC1. The molecular weight excluding hydrogens is 190 g/mol. The molecule has 1 unspecified atom stereocenters. The third-order valence-electron chi connectivity index (χ3n) is 5.11. The predicted molar refractivity (Wildman–Crippen MR) is 55.5 cm³/mol. The smallest absolute Gasteiger partial charge is 0.145 e. The molecule has 3 spiro atoms. The average Bonchev–Trinajstić information content (AvgIpc) is 2.84. The van der Waals surface area contributed by atoms with Crippen molar-refractivity contribution >= 4 is 0 Å². The molecule has 1 atom stereocenters. The minimum Gasteiger partial charge on any atom is -0.377 e. The first kappa shape index (κ1) is 8.97. The van der Waals surface area contributed by atoms with Crippen LogP contribution < -0.4 is 5.32 Å². The summed E-state index contributed by atoms with van der Waals surface area (Å²) in [6, 6.07) is 0. The topological polar surface area (TPSA) is 30.5 Å². The lowest BCUT2D eigenvalue weighted by Gasteiger charge is -2.57. The highest BCUT2D eigenvalue weighted by atomic mass is 16.6. The predicted octanol–water partition coefficient (Wildman–Crippen LogP) is 1.43. The van der Waals surface area contributed by atoms with Crippen molar-refractivity contribution in [1.29, 1.82) is 0 Å². The molecule has 0 aromatic heterocycles. The van der Waals surface area contributed by atoms with Crippen LogP contribution in [0.4, 0.5) is 0 Å². The zero-order chi connectivity index (χ0) is 9.99. The van der Waals surface area contributed by atoms with Crippen molar-refractivity contribution in [2.24, 2.45) is 5.41 Å². The van der Waals surface area contributed by atoms with Crippen LogP contribution in [0.3, 0.4) is 0 Å². The van der Waals surface area contributed by atoms with Gasteiger partial charge in [-0.15, -0.1) is 0 Å². The summed E-state index contributed by atoms with van der Waals surface area (Å²) in [4.78, 5) is 0. The van der Waals surface area contributed by atoms with Gasteiger partial charge in [0.25, 0.3) is 0 Å². The third-order valence-corrected chi connectivity index (χ3v) is 5.11. The number of nitrogens with one attached hydrogen (secondary N) is 1. The fourth-order valence-corrected chi connectivity index (χ4v) is 3.69. The first-order valence-corrected chi connectivity index (χ1v) is 6.31. The Kier molecular flexibility index (Phi) is 1.54. The van der Waals surface area contributed by atoms with Crippen LogP contribution in [0, 0.1) is 5.41 Å². The zero-order valence-corrected chi connectivity index (χ0v) is 9.18. The molecule has 3 heteroatoms. The summed E-state index contributed by atoms with van der Waals surface area (Å²) in [7, 11) is 0. The normalized spacial score (nSPS) is 44.8. The molecule has 3 nitrogen and oxygen atoms in total. The van der Waals surface area contributed by atoms with Crippen molar-refractivity contribution in [3.05, 3.63) is 0 Å². The maximum absolute atomic E-state index is 6.50. The van der Waals surface area contributed by atoms with Crippen LogP contribution in [0.1, 0.15) is 38.5 Å². The molecule has 2 saturated carbocycles. The van der Waals surface area contributed by atoms with Crippen molar-refractivity contribution in [2.45, 2.75) is 49.9 Å². The summed E-state index contributed by atoms with van der Waals surface area (Å²) in [5, 5.41) is 3.62. The Morgan fingerprint density at radius 2 is 1.87 bits per heavy atom. The van der Waals surface area contributed by atoms with Crippen molar-refractivity contribution in [3.8, 4) is 0 Å². The van der Waals surface area contributed by atoms with Gasteiger partial charge in [0.2, 0.25) is 0 Å². The molecular formula is C12H19NO2. The first-order valence-electron chi connectivity index (χ1n) is 6.31. The van der Waals surface area contributed by atoms with Crippen LogP contribution >= 0.6 is 0 Å². The largest absolute Gasteiger partial charge is 0.377 e. The number of hydrogen-bond donors (Lipinski definition) is 1. The highest BCUT2D eigenvalue weighted by Crippen LogP contribution is 2.65. The van der Waals surface area contributed by atoms with Gasteiger partial charge in [0.1, 0.15) is 5.72 Å². The molecule has 2 saturated heterocycles. The van der Waals surface area contributed by atoms with Crippen molar-refractivity contribution in [1.82, 2.24) is 5.32 Å². The second-order valence-corrected chi connectivity index (χ2v) is 5.88. The van der Waals surface area contributed by atoms with E-state index in [1.807, 2.05) is 0 Å². The molecule has 0 aromatic rings. The number of hydrogen-bond acceptors (Lipinski definition) is 3. The van der Waals surface area contributed by atoms with Gasteiger partial charge < -0.3 is 9.47 Å². The molecule has 15 heavy (non-hydrogen) atoms. The molecule has 1 N–H and O–H groups in total. The van der Waals surface area contributed by atoms with E-state index in [0.29, 0.717) is 5.41 Å². The summed E-state index contributed by atoms with van der Waals surface area (Å²) in [6.45, 7) is 2.78. The Morgan fingerprint density at radius 3 is 2.40 bits per heavy atom. The minimum atomic E-state index is -0.117. The zero-order valence-electron chi connectivity index (χ0n) is 9.18. The standard InChI is InChI=1S/C12H19NO2/c1-2-11(3-1)10(4-5-10)8-13-12(15-11)6-7-14-9-12/h13H,1-9H2. The van der Waals surface area contributed by atoms with E-state index in [0.717, 1.165) is 26.2 Å². The molecule has 0 radical (unpaired) electrons. The second-order valence-electron chi connectivity index (χ2n) is 5.88. The Balaban J connectivity index is 1.64. The lowest BCUT2D eigenvalue weighted by Crippen LogP contribution is -2.67. The lowest BCUT2D eigenvalue weighted by molar-refractivity contribution is -0.263. The van der Waals surface area contributed by atoms with E-state index in [-0.39, 0.29) is 11.3 Å². The Labute approximate surface area is 90.5 Å². The van der Waals surface area contributed by atoms with E-state index < -0.39 is 0 Å². The van der Waals surface area contributed by atoms with E-state index in [2.05, 4.69) is 5.32 Å². The van der Waals surface area contributed by atoms with Crippen molar-refractivity contribution in [3.63, 3.8) is 0 Å². The second kappa shape index (κ2) is 2.58. The van der Waals surface area contributed by atoms with Gasteiger partial charge in [-0.05, 0) is 32.1 Å². The van der Waals surface area contributed by atoms with Crippen molar-refractivity contribution < 1.29 is 9.47 Å². The van der Waals surface area contributed by atoms with Gasteiger partial charge in [0.05, 0.1) is 18.8 Å². The molecule has 0 aromatic carbocycles. The number of ether oxygens (including phenoxy) is 2. The molecule has 0 bridgehead atoms. The molecule has 4 aliphatic rings. The lowest BCUT2D eigenvalue weighted by atomic mass is 9.67. The van der Waals surface area contributed by atoms with Crippen LogP contribution in [0.5, 0.6) is 0 Å². The quantitative estimate of drug-likeness (QED) is 0.654. The Hall–Kier alpha value is -0.120. The summed E-state index contributed by atoms with van der Waals surface area (Å²) in [5.74, 6) is 0. The van der Waals surface area contributed by atoms with Crippen LogP contribution in [0.25, 0.3) is 0 Å². The fraction of sp³-hybridized carbons (Fsp3) is 1.00. The van der Waals surface area contributed by atoms with Crippen LogP contribution in [0.2, 0.25) is 0 Å². The van der Waals surface area contributed by atoms with Gasteiger partial charge in [0.15, 0.2) is 0 Å². The maximum Gasteiger partial charge on any atom is 0.145 e. The molecule has 2 aliphatic carbocycles. The molecule has 84 valence electrons. The Bertz CT molecular complexity index is 288. The fourth-order valence-electron chi connectivity index (χ4n) is 3.69. The molecule has 2 aliphatic heterocycles. The summed E-state index contributed by atoms with van der Waals surface area (Å²) < 4.78 is 12.0. The summed E-state index contributed by atoms with van der Waals surface area (Å²) in [5.41, 5.74) is 0.638. The maximum atomic E-state index is 6.50. The van der Waals surface area contributed by atoms with Gasteiger partial charge in [-0.3, -0.25) is 5.32 Å². The molecule has 4 fully saturated rings. The van der Waals surface area contributed by atoms with Gasteiger partial charge in [0, 0.05) is 18.4 Å². The third kappa shape index (κ3) is 1.02. The minimum absolute atomic E-state index is 0.117. The van der Waals surface area contributed by atoms with E-state index >= 15 is 0 Å². The average molecular weight is 209 g/mol. The van der Waals surface area contributed by atoms with Gasteiger partial charge in [-0.1, -0.05) is 0 Å². The van der Waals surface area contributed by atoms with Gasteiger partial charge >= 0.3 is 0 Å². The highest BCUT2D eigenvalue weighted by molar-refractivity contribution is 5.18. The molecule has 0 amide bonds. The monoisotopic (exact) mass is 209 g/mol. The molecule has 2 heterocycles. The number of fused-ring (bicyclic) bond motifs is 1. The molecule has 4 rings (SSSR count). The van der Waals surface area contributed by atoms with Crippen molar-refractivity contribution in [2.75, 3.05) is 19.8 Å². The summed E-state index contributed by atoms with van der Waals surface area (Å²) in [6.07, 6.45) is 7.71. The first-order chi connectivity index (χ1) is 7.29. The number of rotatable bonds is 0. The van der Waals surface area contributed by atoms with E-state index in [4.69, 9.17) is 9.47 Å².